The van der Waals surface area contributed by atoms with E-state index in [9.17, 15) is 83.4 Å². The Kier molecular flexibility index (Phi) is 36.3. The second-order valence-electron chi connectivity index (χ2n) is 26.4. The standard InChI is InChI=1S/C67H104N18O19/c1-5-40(4)57(62(100)78-49(65(103)104)31-39(2)3)80-59(97)47(32-42-17-21-44(86)22-18-42)76-61(99)51-14-10-26-85(51)64(102)48(33-41-15-19-43(20-16-41)74-66(70)71)77-58(96)46(75-60(98)50-13-9-25-84(50)63(101)45(69)11-6-7-23-68)12-8-24-73-67(72)79-52(87)34-82(36-54(90)91)29-27-81(35-53(88)89)28-30-83(37-55(92)93)38-56(94)95/h15-22,39-40,45-51,57,86H,5-14,23-38,68-69H2,1-4H3,(H,75,98)(H,76,99)(H,77,96)(H,78,100)(H,80,97)(H,88,89)(H,90,91)(H,92,93)(H,94,95)(H,103,104)(H4,70,71,74)(H3,72,73,79,87)/t40-,45+,46-,47-,48-,49-,50-,51-,57-/m0/s1. The molecule has 0 aliphatic carbocycles. The van der Waals surface area contributed by atoms with Crippen LogP contribution in [0, 0.1) is 11.8 Å². The highest BCUT2D eigenvalue weighted by Gasteiger charge is 2.42. The minimum Gasteiger partial charge on any atom is -0.508 e. The Morgan fingerprint density at radius 2 is 1.05 bits per heavy atom. The topological polar surface area (TPSA) is 586 Å². The second kappa shape index (κ2) is 43.8. The molecular weight excluding hydrogens is 1360 g/mol. The molecule has 576 valence electrons. The Bertz CT molecular complexity index is 3300. The normalized spacial score (nSPS) is 16.5. The highest BCUT2D eigenvalue weighted by atomic mass is 16.4. The highest BCUT2D eigenvalue weighted by Crippen LogP contribution is 2.24. The SMILES string of the molecule is CC[C@H](C)[C@H](NC(=O)[C@H](Cc1ccc(O)cc1)NC(=O)[C@@H]1CCCN1C(=O)[C@H](Cc1ccc(N=C(N)N)cc1)NC(=O)[C@H](CCCN=C(N)NC(=O)CN(CCN(CCN(CC(=O)O)CC(=O)O)CC(=O)O)CC(=O)O)NC(=O)[C@@H]1CCCN1C(=O)[C@H](N)CCCCN)C(=O)N[C@@H](CC(C)C)C(=O)O. The quantitative estimate of drug-likeness (QED) is 0.0174. The molecule has 2 saturated heterocycles. The zero-order chi connectivity index (χ0) is 77.3. The number of aliphatic carboxylic acids is 5. The van der Waals surface area contributed by atoms with Crippen LogP contribution < -0.4 is 60.6 Å². The number of carbonyl (C=O) groups excluding carboxylic acids is 8. The van der Waals surface area contributed by atoms with Crippen molar-refractivity contribution in [3.63, 3.8) is 0 Å². The molecule has 0 aromatic heterocycles. The largest absolute Gasteiger partial charge is 0.508 e. The fourth-order valence-corrected chi connectivity index (χ4v) is 12.0. The fraction of sp³-hybridized carbons (Fsp3) is 0.597. The van der Waals surface area contributed by atoms with E-state index in [2.05, 4.69) is 41.9 Å². The van der Waals surface area contributed by atoms with Gasteiger partial charge in [0.1, 0.15) is 48.0 Å². The number of nitrogens with zero attached hydrogens (tertiary/aromatic N) is 7. The summed E-state index contributed by atoms with van der Waals surface area (Å²) < 4.78 is 0. The lowest BCUT2D eigenvalue weighted by molar-refractivity contribution is -0.143. The molecule has 4 rings (SSSR count). The number of unbranched alkanes of at least 4 members (excludes halogenated alkanes) is 1. The van der Waals surface area contributed by atoms with Gasteiger partial charge in [-0.25, -0.2) is 9.79 Å². The second-order valence-corrected chi connectivity index (χ2v) is 26.4. The van der Waals surface area contributed by atoms with Gasteiger partial charge in [0.15, 0.2) is 11.9 Å². The molecule has 2 aromatic rings. The molecule has 0 radical (unpaired) electrons. The van der Waals surface area contributed by atoms with Gasteiger partial charge in [-0.2, -0.15) is 0 Å². The van der Waals surface area contributed by atoms with Crippen LogP contribution in [0.25, 0.3) is 0 Å². The van der Waals surface area contributed by atoms with E-state index in [1.807, 2.05) is 0 Å². The van der Waals surface area contributed by atoms with E-state index in [0.717, 1.165) is 9.80 Å². The van der Waals surface area contributed by atoms with Crippen LogP contribution in [0.15, 0.2) is 58.5 Å². The number of rotatable bonds is 46. The molecule has 2 aliphatic heterocycles. The fourth-order valence-electron chi connectivity index (χ4n) is 12.0. The van der Waals surface area contributed by atoms with Gasteiger partial charge in [0.25, 0.3) is 0 Å². The summed E-state index contributed by atoms with van der Waals surface area (Å²) in [6.07, 6.45) is 2.14. The maximum absolute atomic E-state index is 15.4. The molecule has 2 heterocycles. The molecule has 0 spiro atoms. The van der Waals surface area contributed by atoms with Crippen LogP contribution in [0.4, 0.5) is 5.69 Å². The summed E-state index contributed by atoms with van der Waals surface area (Å²) in [4.78, 5) is 188. The number of likely N-dealkylation sites (tertiary alicyclic amines) is 2. The average Bonchev–Trinajstić information content (AvgIpc) is 1.51. The molecule has 22 N–H and O–H groups in total. The number of aromatic hydroxyl groups is 1. The first-order chi connectivity index (χ1) is 49.2. The third kappa shape index (κ3) is 30.5. The van der Waals surface area contributed by atoms with Gasteiger partial charge in [-0.05, 0) is 112 Å². The molecule has 8 amide bonds. The monoisotopic (exact) mass is 1460 g/mol. The number of hydrogen-bond acceptors (Lipinski definition) is 21. The summed E-state index contributed by atoms with van der Waals surface area (Å²) in [5.41, 5.74) is 30.7. The number of phenolic OH excluding ortho intramolecular Hbond substituents is 1. The van der Waals surface area contributed by atoms with Gasteiger partial charge in [0.05, 0.1) is 44.5 Å². The molecule has 0 unspecified atom stereocenters. The van der Waals surface area contributed by atoms with Crippen molar-refractivity contribution in [2.24, 2.45) is 50.5 Å². The van der Waals surface area contributed by atoms with E-state index in [1.54, 1.807) is 52.0 Å². The Morgan fingerprint density at radius 3 is 1.56 bits per heavy atom. The maximum atomic E-state index is 15.4. The van der Waals surface area contributed by atoms with Crippen LogP contribution >= 0.6 is 0 Å². The van der Waals surface area contributed by atoms with Crippen LogP contribution in [-0.4, -0.2) is 278 Å². The summed E-state index contributed by atoms with van der Waals surface area (Å²) in [5.74, 6) is -14.2. The van der Waals surface area contributed by atoms with Crippen molar-refractivity contribution in [1.29, 1.82) is 0 Å². The van der Waals surface area contributed by atoms with Crippen LogP contribution in [0.5, 0.6) is 5.75 Å². The lowest BCUT2D eigenvalue weighted by atomic mass is 9.96. The van der Waals surface area contributed by atoms with Gasteiger partial charge in [-0.1, -0.05) is 64.8 Å². The number of nitrogens with two attached hydrogens (primary N) is 5. The summed E-state index contributed by atoms with van der Waals surface area (Å²) in [6.45, 7) is 3.37. The Labute approximate surface area is 602 Å². The van der Waals surface area contributed by atoms with Gasteiger partial charge in [0.2, 0.25) is 47.3 Å². The molecule has 2 aliphatic rings. The highest BCUT2D eigenvalue weighted by molar-refractivity contribution is 5.99. The van der Waals surface area contributed by atoms with Gasteiger partial charge in [-0.3, -0.25) is 82.5 Å². The number of phenols is 1. The Balaban J connectivity index is 1.67. The van der Waals surface area contributed by atoms with Crippen molar-refractivity contribution < 1.29 is 93.0 Å². The number of aliphatic imine (C=N–C) groups is 2. The van der Waals surface area contributed by atoms with Gasteiger partial charge in [0, 0.05) is 58.7 Å². The molecule has 37 heteroatoms. The maximum Gasteiger partial charge on any atom is 0.326 e. The number of nitrogens with one attached hydrogen (secondary N) is 6. The van der Waals surface area contributed by atoms with E-state index in [0.29, 0.717) is 49.0 Å². The zero-order valence-electron chi connectivity index (χ0n) is 59.3. The van der Waals surface area contributed by atoms with E-state index in [4.69, 9.17) is 28.7 Å². The molecule has 104 heavy (non-hydrogen) atoms. The van der Waals surface area contributed by atoms with Crippen molar-refractivity contribution in [3.8, 4) is 5.75 Å². The Morgan fingerprint density at radius 1 is 0.567 bits per heavy atom. The molecule has 37 nitrogen and oxygen atoms in total. The van der Waals surface area contributed by atoms with E-state index in [1.165, 1.54) is 39.0 Å². The van der Waals surface area contributed by atoms with Gasteiger partial charge < -0.3 is 95.7 Å². The third-order valence-corrected chi connectivity index (χ3v) is 17.4. The number of hydrogen-bond donors (Lipinski definition) is 17. The zero-order valence-corrected chi connectivity index (χ0v) is 59.3. The van der Waals surface area contributed by atoms with Crippen LogP contribution in [-0.2, 0) is 75.2 Å². The van der Waals surface area contributed by atoms with Crippen molar-refractivity contribution in [2.45, 2.75) is 160 Å². The number of carbonyl (C=O) groups is 13. The molecule has 0 saturated carbocycles. The van der Waals surface area contributed by atoms with E-state index >= 15 is 9.59 Å². The number of benzene rings is 2. The molecular formula is C67H104N18O19. The molecule has 9 atom stereocenters. The lowest BCUT2D eigenvalue weighted by Crippen LogP contribution is -2.61. The van der Waals surface area contributed by atoms with E-state index < -0.39 is 170 Å². The summed E-state index contributed by atoms with van der Waals surface area (Å²) in [5, 5.41) is 73.8. The first kappa shape index (κ1) is 86.3. The van der Waals surface area contributed by atoms with Gasteiger partial charge >= 0.3 is 29.8 Å². The number of carboxylic acid groups (broad SMARTS) is 5. The summed E-state index contributed by atoms with van der Waals surface area (Å²) >= 11 is 0. The molecule has 2 aromatic carbocycles. The number of guanidine groups is 2. The molecule has 2 fully saturated rings. The van der Waals surface area contributed by atoms with Crippen molar-refractivity contribution in [2.75, 3.05) is 85.1 Å². The minimum atomic E-state index is -1.50. The summed E-state index contributed by atoms with van der Waals surface area (Å²) in [6, 6.07) is 1.80. The lowest BCUT2D eigenvalue weighted by Gasteiger charge is -2.32. The van der Waals surface area contributed by atoms with E-state index in [-0.39, 0.29) is 121 Å². The minimum absolute atomic E-state index is 0.0218. The van der Waals surface area contributed by atoms with Crippen LogP contribution in [0.1, 0.15) is 109 Å². The number of amides is 8. The first-order valence-corrected chi connectivity index (χ1v) is 34.6. The summed E-state index contributed by atoms with van der Waals surface area (Å²) in [7, 11) is 0. The first-order valence-electron chi connectivity index (χ1n) is 34.6. The predicted molar refractivity (Wildman–Crippen MR) is 378 cm³/mol. The van der Waals surface area contributed by atoms with Gasteiger partial charge in [-0.15, -0.1) is 0 Å². The van der Waals surface area contributed by atoms with Crippen LogP contribution in [0.2, 0.25) is 0 Å². The van der Waals surface area contributed by atoms with Crippen molar-refractivity contribution >= 4 is 94.7 Å². The number of carboxylic acids is 5. The van der Waals surface area contributed by atoms with Crippen molar-refractivity contribution in [1.82, 2.24) is 56.4 Å². The third-order valence-electron chi connectivity index (χ3n) is 17.4. The molecule has 0 bridgehead atoms. The Hall–Kier alpha value is -10.1. The smallest absolute Gasteiger partial charge is 0.326 e. The van der Waals surface area contributed by atoms with Crippen molar-refractivity contribution in [3.05, 3.63) is 59.7 Å². The average molecular weight is 1470 g/mol. The predicted octanol–water partition coefficient (Wildman–Crippen LogP) is -3.42. The van der Waals surface area contributed by atoms with Crippen LogP contribution in [0.3, 0.4) is 0 Å².